The molecule has 3 heteroatoms. The average Bonchev–Trinajstić information content (AvgIpc) is 2.29. The summed E-state index contributed by atoms with van der Waals surface area (Å²) in [5, 5.41) is 8.58. The van der Waals surface area contributed by atoms with Crippen molar-refractivity contribution in [1.82, 2.24) is 0 Å². The Labute approximate surface area is 105 Å². The van der Waals surface area contributed by atoms with E-state index in [-0.39, 0.29) is 6.61 Å². The molecule has 0 radical (unpaired) electrons. The summed E-state index contributed by atoms with van der Waals surface area (Å²) >= 11 is 0. The van der Waals surface area contributed by atoms with Gasteiger partial charge in [-0.3, -0.25) is 0 Å². The van der Waals surface area contributed by atoms with Crippen LogP contribution in [-0.4, -0.2) is 37.6 Å². The topological polar surface area (TPSA) is 38.7 Å². The van der Waals surface area contributed by atoms with Crippen molar-refractivity contribution in [3.05, 3.63) is 0 Å². The molecule has 0 aliphatic heterocycles. The van der Waals surface area contributed by atoms with Gasteiger partial charge in [0, 0.05) is 0 Å². The quantitative estimate of drug-likeness (QED) is 0.700. The molecule has 1 rings (SSSR count). The van der Waals surface area contributed by atoms with E-state index >= 15 is 0 Å². The van der Waals surface area contributed by atoms with Crippen LogP contribution in [0.1, 0.15) is 46.5 Å². The van der Waals surface area contributed by atoms with Crippen LogP contribution < -0.4 is 0 Å². The molecule has 1 aliphatic rings. The maximum absolute atomic E-state index is 8.58. The lowest BCUT2D eigenvalue weighted by Gasteiger charge is -2.41. The molecule has 1 saturated carbocycles. The van der Waals surface area contributed by atoms with Gasteiger partial charge in [0.2, 0.25) is 0 Å². The molecule has 17 heavy (non-hydrogen) atoms. The van der Waals surface area contributed by atoms with Crippen LogP contribution in [0.2, 0.25) is 0 Å². The van der Waals surface area contributed by atoms with Gasteiger partial charge in [0.25, 0.3) is 0 Å². The van der Waals surface area contributed by atoms with Crippen molar-refractivity contribution in [2.24, 2.45) is 11.3 Å². The highest BCUT2D eigenvalue weighted by molar-refractivity contribution is 4.85. The molecule has 0 aromatic heterocycles. The van der Waals surface area contributed by atoms with Crippen LogP contribution >= 0.6 is 0 Å². The van der Waals surface area contributed by atoms with E-state index in [2.05, 4.69) is 20.8 Å². The summed E-state index contributed by atoms with van der Waals surface area (Å²) < 4.78 is 11.1. The summed E-state index contributed by atoms with van der Waals surface area (Å²) in [6.07, 6.45) is 5.35. The van der Waals surface area contributed by atoms with Crippen molar-refractivity contribution < 1.29 is 14.6 Å². The van der Waals surface area contributed by atoms with Crippen LogP contribution in [0.5, 0.6) is 0 Å². The third kappa shape index (κ3) is 4.94. The highest BCUT2D eigenvalue weighted by atomic mass is 16.5. The van der Waals surface area contributed by atoms with Crippen molar-refractivity contribution in [2.75, 3.05) is 26.4 Å². The van der Waals surface area contributed by atoms with Crippen LogP contribution in [0.25, 0.3) is 0 Å². The van der Waals surface area contributed by atoms with Gasteiger partial charge in [-0.2, -0.15) is 0 Å². The average molecular weight is 244 g/mol. The van der Waals surface area contributed by atoms with Gasteiger partial charge in [-0.15, -0.1) is 0 Å². The van der Waals surface area contributed by atoms with E-state index in [0.717, 1.165) is 5.92 Å². The maximum Gasteiger partial charge on any atom is 0.0704 e. The fraction of sp³-hybridized carbons (Fsp3) is 1.00. The Hall–Kier alpha value is -0.120. The highest BCUT2D eigenvalue weighted by Gasteiger charge is 2.34. The smallest absolute Gasteiger partial charge is 0.0704 e. The lowest BCUT2D eigenvalue weighted by molar-refractivity contribution is -0.0481. The monoisotopic (exact) mass is 244 g/mol. The van der Waals surface area contributed by atoms with E-state index in [1.807, 2.05) is 0 Å². The third-order valence-corrected chi connectivity index (χ3v) is 4.18. The van der Waals surface area contributed by atoms with Gasteiger partial charge in [-0.1, -0.05) is 27.2 Å². The number of hydrogen-bond donors (Lipinski definition) is 1. The molecule has 0 saturated heterocycles. The minimum absolute atomic E-state index is 0.0921. The Morgan fingerprint density at radius 2 is 2.06 bits per heavy atom. The first-order valence-corrected chi connectivity index (χ1v) is 6.88. The molecule has 1 aliphatic carbocycles. The van der Waals surface area contributed by atoms with E-state index in [1.54, 1.807) is 0 Å². The lowest BCUT2D eigenvalue weighted by Crippen LogP contribution is -2.35. The molecule has 102 valence electrons. The molecular formula is C14H28O3. The number of hydrogen-bond acceptors (Lipinski definition) is 3. The van der Waals surface area contributed by atoms with E-state index in [0.29, 0.717) is 31.3 Å². The Kier molecular flexibility index (Phi) is 6.45. The number of aliphatic hydroxyl groups is 1. The molecular weight excluding hydrogens is 216 g/mol. The molecule has 0 spiro atoms. The zero-order valence-electron chi connectivity index (χ0n) is 11.6. The minimum atomic E-state index is 0.0921. The summed E-state index contributed by atoms with van der Waals surface area (Å²) in [4.78, 5) is 0. The molecule has 0 bridgehead atoms. The molecule has 3 nitrogen and oxygen atoms in total. The summed E-state index contributed by atoms with van der Waals surface area (Å²) in [6, 6.07) is 0. The van der Waals surface area contributed by atoms with Crippen molar-refractivity contribution in [2.45, 2.75) is 52.6 Å². The first kappa shape index (κ1) is 14.9. The molecule has 0 heterocycles. The van der Waals surface area contributed by atoms with Crippen LogP contribution in [0.3, 0.4) is 0 Å². The molecule has 1 N–H and O–H groups in total. The van der Waals surface area contributed by atoms with Gasteiger partial charge in [-0.25, -0.2) is 0 Å². The van der Waals surface area contributed by atoms with Gasteiger partial charge in [0.05, 0.1) is 32.5 Å². The molecule has 0 aromatic carbocycles. The normalized spacial score (nSPS) is 29.8. The number of rotatable bonds is 7. The van der Waals surface area contributed by atoms with E-state index in [1.165, 1.54) is 25.7 Å². The zero-order valence-corrected chi connectivity index (χ0v) is 11.6. The predicted molar refractivity (Wildman–Crippen MR) is 69.1 cm³/mol. The second-order valence-electron chi connectivity index (χ2n) is 5.73. The van der Waals surface area contributed by atoms with Crippen LogP contribution in [0, 0.1) is 11.3 Å². The Bertz CT molecular complexity index is 206. The second-order valence-corrected chi connectivity index (χ2v) is 5.73. The predicted octanol–water partition coefficient (Wildman–Crippen LogP) is 2.62. The number of aliphatic hydroxyl groups excluding tert-OH is 1. The highest BCUT2D eigenvalue weighted by Crippen LogP contribution is 2.42. The SMILES string of the molecule is CC(C)C1(C)CCCC(OCCOCCO)C1. The fourth-order valence-electron chi connectivity index (χ4n) is 2.56. The zero-order chi connectivity index (χ0) is 12.7. The second kappa shape index (κ2) is 7.34. The van der Waals surface area contributed by atoms with Gasteiger partial charge >= 0.3 is 0 Å². The first-order valence-electron chi connectivity index (χ1n) is 6.88. The Morgan fingerprint density at radius 3 is 2.71 bits per heavy atom. The molecule has 2 atom stereocenters. The van der Waals surface area contributed by atoms with E-state index < -0.39 is 0 Å². The molecule has 0 amide bonds. The lowest BCUT2D eigenvalue weighted by atomic mass is 9.67. The summed E-state index contributed by atoms with van der Waals surface area (Å²) in [5.74, 6) is 0.722. The van der Waals surface area contributed by atoms with Crippen molar-refractivity contribution >= 4 is 0 Å². The van der Waals surface area contributed by atoms with Gasteiger partial charge in [0.1, 0.15) is 0 Å². The van der Waals surface area contributed by atoms with Crippen molar-refractivity contribution in [3.8, 4) is 0 Å². The maximum atomic E-state index is 8.58. The van der Waals surface area contributed by atoms with Gasteiger partial charge in [0.15, 0.2) is 0 Å². The van der Waals surface area contributed by atoms with Crippen LogP contribution in [0.15, 0.2) is 0 Å². The summed E-state index contributed by atoms with van der Waals surface area (Å²) in [6.45, 7) is 8.76. The molecule has 0 aromatic rings. The summed E-state index contributed by atoms with van der Waals surface area (Å²) in [5.41, 5.74) is 0.439. The standard InChI is InChI=1S/C14H28O3/c1-12(2)14(3)6-4-5-13(11-14)17-10-9-16-8-7-15/h12-13,15H,4-11H2,1-3H3. The Balaban J connectivity index is 2.21. The number of ether oxygens (including phenoxy) is 2. The van der Waals surface area contributed by atoms with E-state index in [4.69, 9.17) is 14.6 Å². The van der Waals surface area contributed by atoms with Crippen molar-refractivity contribution in [3.63, 3.8) is 0 Å². The molecule has 1 fully saturated rings. The van der Waals surface area contributed by atoms with Crippen LogP contribution in [0.4, 0.5) is 0 Å². The minimum Gasteiger partial charge on any atom is -0.394 e. The van der Waals surface area contributed by atoms with Crippen molar-refractivity contribution in [1.29, 1.82) is 0 Å². The summed E-state index contributed by atoms with van der Waals surface area (Å²) in [7, 11) is 0. The largest absolute Gasteiger partial charge is 0.394 e. The van der Waals surface area contributed by atoms with E-state index in [9.17, 15) is 0 Å². The van der Waals surface area contributed by atoms with Crippen LogP contribution in [-0.2, 0) is 9.47 Å². The third-order valence-electron chi connectivity index (χ3n) is 4.18. The molecule has 2 unspecified atom stereocenters. The first-order chi connectivity index (χ1) is 8.08. The fourth-order valence-corrected chi connectivity index (χ4v) is 2.56. The Morgan fingerprint density at radius 1 is 1.29 bits per heavy atom. The van der Waals surface area contributed by atoms with Gasteiger partial charge < -0.3 is 14.6 Å². The van der Waals surface area contributed by atoms with Gasteiger partial charge in [-0.05, 0) is 30.6 Å².